The van der Waals surface area contributed by atoms with Gasteiger partial charge in [0, 0.05) is 5.56 Å². The Bertz CT molecular complexity index is 1580. The van der Waals surface area contributed by atoms with Crippen LogP contribution in [0.25, 0.3) is 5.76 Å². The van der Waals surface area contributed by atoms with Gasteiger partial charge in [-0.05, 0) is 49.2 Å². The Morgan fingerprint density at radius 1 is 1.19 bits per heavy atom. The second kappa shape index (κ2) is 12.5. The highest BCUT2D eigenvalue weighted by molar-refractivity contribution is 7.17. The Balaban J connectivity index is 1.63. The van der Waals surface area contributed by atoms with Gasteiger partial charge in [-0.15, -0.1) is 0 Å². The number of unbranched alkanes of at least 4 members (excludes halogenated alkanes) is 1. The van der Waals surface area contributed by atoms with Gasteiger partial charge in [0.2, 0.25) is 0 Å². The van der Waals surface area contributed by atoms with E-state index in [0.717, 1.165) is 24.2 Å². The molecule has 1 atom stereocenters. The number of Topliss-reactive ketones (excluding diaryl/α,β-unsaturated/α-hetero) is 1. The maximum atomic E-state index is 13.6. The van der Waals surface area contributed by atoms with Crippen molar-refractivity contribution in [2.24, 2.45) is 0 Å². The van der Waals surface area contributed by atoms with Crippen LogP contribution in [0.3, 0.4) is 0 Å². The second-order valence-corrected chi connectivity index (χ2v) is 10.6. The van der Waals surface area contributed by atoms with Crippen molar-refractivity contribution in [3.8, 4) is 17.2 Å². The molecule has 42 heavy (non-hydrogen) atoms. The van der Waals surface area contributed by atoms with Gasteiger partial charge < -0.3 is 24.1 Å². The van der Waals surface area contributed by atoms with E-state index in [1.165, 1.54) is 11.0 Å². The first kappa shape index (κ1) is 28.9. The van der Waals surface area contributed by atoms with E-state index in [2.05, 4.69) is 18.5 Å². The molecular weight excluding hydrogens is 560 g/mol. The molecular formula is C31H30N2O8S. The van der Waals surface area contributed by atoms with Crippen LogP contribution < -0.4 is 19.1 Å². The molecule has 0 aliphatic carbocycles. The van der Waals surface area contributed by atoms with Crippen LogP contribution in [0.5, 0.6) is 17.2 Å². The van der Waals surface area contributed by atoms with Crippen molar-refractivity contribution < 1.29 is 38.4 Å². The molecule has 1 saturated heterocycles. The average Bonchev–Trinajstić information content (AvgIpc) is 3.51. The highest BCUT2D eigenvalue weighted by atomic mass is 32.1. The largest absolute Gasteiger partial charge is 0.507 e. The lowest BCUT2D eigenvalue weighted by atomic mass is 9.95. The molecule has 0 spiro atoms. The zero-order valence-electron chi connectivity index (χ0n) is 23.3. The number of anilines is 1. The van der Waals surface area contributed by atoms with E-state index in [1.807, 2.05) is 0 Å². The van der Waals surface area contributed by atoms with Crippen LogP contribution in [0.1, 0.15) is 52.3 Å². The van der Waals surface area contributed by atoms with Gasteiger partial charge in [0.15, 0.2) is 16.6 Å². The smallest absolute Gasteiger partial charge is 0.350 e. The summed E-state index contributed by atoms with van der Waals surface area (Å²) in [6, 6.07) is 10.8. The molecule has 3 aromatic rings. The number of aliphatic hydroxyl groups excluding tert-OH is 1. The van der Waals surface area contributed by atoms with E-state index < -0.39 is 23.7 Å². The summed E-state index contributed by atoms with van der Waals surface area (Å²) in [5, 5.41) is 11.7. The average molecular weight is 591 g/mol. The second-order valence-electron chi connectivity index (χ2n) is 9.60. The number of rotatable bonds is 10. The summed E-state index contributed by atoms with van der Waals surface area (Å²) in [5.74, 6) is -1.30. The quantitative estimate of drug-likeness (QED) is 0.0829. The van der Waals surface area contributed by atoms with E-state index in [-0.39, 0.29) is 33.5 Å². The Kier molecular flexibility index (Phi) is 8.58. The molecule has 2 aliphatic heterocycles. The zero-order valence-corrected chi connectivity index (χ0v) is 24.1. The molecule has 1 N–H and O–H groups in total. The Hall–Kier alpha value is -4.64. The van der Waals surface area contributed by atoms with E-state index >= 15 is 0 Å². The molecule has 0 radical (unpaired) electrons. The van der Waals surface area contributed by atoms with Crippen molar-refractivity contribution in [2.45, 2.75) is 32.7 Å². The van der Waals surface area contributed by atoms with Crippen LogP contribution in [0.2, 0.25) is 0 Å². The molecule has 3 heterocycles. The number of aromatic nitrogens is 1. The lowest BCUT2D eigenvalue weighted by molar-refractivity contribution is -0.132. The standard InChI is InChI=1S/C31H30N2O8S/c1-4-6-13-38-21-9-7-8-19(16-21)25-24(26(34)20-10-11-22-23(17-20)40-15-14-39-22)27(35)29(36)33(25)31-32-18(3)28(42-31)30(37)41-12-5-2/h5,7-11,16-17,25,34H,2,4,6,12-15H2,1,3H3/t25-/m1/s1. The third-order valence-electron chi connectivity index (χ3n) is 6.71. The normalized spacial score (nSPS) is 17.3. The van der Waals surface area contributed by atoms with Gasteiger partial charge in [0.05, 0.1) is 23.9 Å². The molecule has 1 amide bonds. The summed E-state index contributed by atoms with van der Waals surface area (Å²) < 4.78 is 22.3. The number of carbonyl (C=O) groups excluding carboxylic acids is 3. The van der Waals surface area contributed by atoms with Crippen LogP contribution in [0, 0.1) is 6.92 Å². The van der Waals surface area contributed by atoms with E-state index in [4.69, 9.17) is 18.9 Å². The third-order valence-corrected chi connectivity index (χ3v) is 7.85. The van der Waals surface area contributed by atoms with Crippen molar-refractivity contribution in [2.75, 3.05) is 31.3 Å². The number of ketones is 1. The molecule has 0 bridgehead atoms. The van der Waals surface area contributed by atoms with Gasteiger partial charge in [-0.1, -0.05) is 49.5 Å². The first-order valence-corrected chi connectivity index (χ1v) is 14.3. The first-order valence-electron chi connectivity index (χ1n) is 13.5. The number of amides is 1. The van der Waals surface area contributed by atoms with Crippen LogP contribution in [-0.4, -0.2) is 54.2 Å². The van der Waals surface area contributed by atoms with Crippen molar-refractivity contribution in [3.63, 3.8) is 0 Å². The van der Waals surface area contributed by atoms with Gasteiger partial charge in [-0.3, -0.25) is 14.5 Å². The molecule has 2 aliphatic rings. The summed E-state index contributed by atoms with van der Waals surface area (Å²) in [6.07, 6.45) is 3.26. The fourth-order valence-corrected chi connectivity index (χ4v) is 5.66. The number of ether oxygens (including phenoxy) is 4. The predicted molar refractivity (Wildman–Crippen MR) is 156 cm³/mol. The zero-order chi connectivity index (χ0) is 29.8. The molecule has 1 fully saturated rings. The lowest BCUT2D eigenvalue weighted by Gasteiger charge is -2.24. The van der Waals surface area contributed by atoms with E-state index in [0.29, 0.717) is 48.3 Å². The van der Waals surface area contributed by atoms with Crippen LogP contribution in [0.15, 0.2) is 60.7 Å². The number of thiazole rings is 1. The first-order chi connectivity index (χ1) is 20.3. The number of aliphatic hydroxyl groups is 1. The number of carbonyl (C=O) groups is 3. The van der Waals surface area contributed by atoms with Crippen LogP contribution in [0.4, 0.5) is 5.13 Å². The summed E-state index contributed by atoms with van der Waals surface area (Å²) in [7, 11) is 0. The lowest BCUT2D eigenvalue weighted by Crippen LogP contribution is -2.29. The summed E-state index contributed by atoms with van der Waals surface area (Å²) in [4.78, 5) is 45.7. The Morgan fingerprint density at radius 2 is 1.98 bits per heavy atom. The highest BCUT2D eigenvalue weighted by Gasteiger charge is 2.48. The molecule has 0 unspecified atom stereocenters. The molecule has 5 rings (SSSR count). The number of nitrogens with zero attached hydrogens (tertiary/aromatic N) is 2. The van der Waals surface area contributed by atoms with Gasteiger partial charge in [0.1, 0.15) is 36.2 Å². The van der Waals surface area contributed by atoms with Crippen molar-refractivity contribution in [1.82, 2.24) is 4.98 Å². The number of hydrogen-bond acceptors (Lipinski definition) is 10. The minimum Gasteiger partial charge on any atom is -0.507 e. The third kappa shape index (κ3) is 5.60. The molecule has 0 saturated carbocycles. The topological polar surface area (TPSA) is 124 Å². The van der Waals surface area contributed by atoms with Crippen LogP contribution >= 0.6 is 11.3 Å². The number of benzene rings is 2. The monoisotopic (exact) mass is 590 g/mol. The maximum Gasteiger partial charge on any atom is 0.350 e. The molecule has 10 nitrogen and oxygen atoms in total. The molecule has 11 heteroatoms. The fraction of sp³-hybridized carbons (Fsp3) is 0.290. The number of fused-ring (bicyclic) bond motifs is 1. The predicted octanol–water partition coefficient (Wildman–Crippen LogP) is 5.37. The minimum atomic E-state index is -1.06. The Labute approximate surface area is 246 Å². The summed E-state index contributed by atoms with van der Waals surface area (Å²) in [5.41, 5.74) is 1.01. The summed E-state index contributed by atoms with van der Waals surface area (Å²) >= 11 is 0.930. The van der Waals surface area contributed by atoms with Gasteiger partial charge in [-0.2, -0.15) is 0 Å². The number of aryl methyl sites for hydroxylation is 1. The number of esters is 1. The van der Waals surface area contributed by atoms with Crippen molar-refractivity contribution in [1.29, 1.82) is 0 Å². The van der Waals surface area contributed by atoms with E-state index in [1.54, 1.807) is 49.4 Å². The molecule has 2 aromatic carbocycles. The molecule has 1 aromatic heterocycles. The highest BCUT2D eigenvalue weighted by Crippen LogP contribution is 2.45. The van der Waals surface area contributed by atoms with Crippen molar-refractivity contribution >= 4 is 39.9 Å². The molecule has 218 valence electrons. The van der Waals surface area contributed by atoms with E-state index in [9.17, 15) is 19.5 Å². The van der Waals surface area contributed by atoms with Gasteiger partial charge in [-0.25, -0.2) is 9.78 Å². The SMILES string of the molecule is C=CCOC(=O)c1sc(N2C(=O)C(=O)C(=C(O)c3ccc4c(c3)OCCO4)[C@H]2c2cccc(OCCCC)c2)nc1C. The minimum absolute atomic E-state index is 0.0103. The van der Waals surface area contributed by atoms with Crippen molar-refractivity contribution in [3.05, 3.63) is 82.4 Å². The Morgan fingerprint density at radius 3 is 2.74 bits per heavy atom. The number of hydrogen-bond donors (Lipinski definition) is 1. The maximum absolute atomic E-state index is 13.6. The summed E-state index contributed by atoms with van der Waals surface area (Å²) in [6.45, 7) is 8.48. The van der Waals surface area contributed by atoms with Gasteiger partial charge in [0.25, 0.3) is 5.78 Å². The van der Waals surface area contributed by atoms with Gasteiger partial charge >= 0.3 is 11.9 Å². The van der Waals surface area contributed by atoms with Crippen LogP contribution in [-0.2, 0) is 14.3 Å². The fourth-order valence-electron chi connectivity index (χ4n) is 4.67.